The van der Waals surface area contributed by atoms with Gasteiger partial charge in [0.2, 0.25) is 15.9 Å². The van der Waals surface area contributed by atoms with Crippen molar-refractivity contribution in [2.45, 2.75) is 38.6 Å². The molecule has 2 aromatic rings. The number of piperazine rings is 1. The third-order valence-electron chi connectivity index (χ3n) is 5.79. The van der Waals surface area contributed by atoms with Gasteiger partial charge in [-0.15, -0.1) is 0 Å². The quantitative estimate of drug-likeness (QED) is 0.657. The van der Waals surface area contributed by atoms with Gasteiger partial charge in [0.25, 0.3) is 0 Å². The molecule has 0 atom stereocenters. The summed E-state index contributed by atoms with van der Waals surface area (Å²) in [4.78, 5) is 14.9. The highest BCUT2D eigenvalue weighted by Gasteiger charge is 2.30. The molecule has 0 saturated carbocycles. The van der Waals surface area contributed by atoms with E-state index in [1.807, 2.05) is 57.2 Å². The number of carbonyl (C=O) groups excluding carboxylic acids is 1. The van der Waals surface area contributed by atoms with E-state index in [1.165, 1.54) is 4.31 Å². The lowest BCUT2D eigenvalue weighted by molar-refractivity contribution is -0.131. The molecule has 0 bridgehead atoms. The van der Waals surface area contributed by atoms with Gasteiger partial charge in [0.15, 0.2) is 0 Å². The molecule has 1 heterocycles. The van der Waals surface area contributed by atoms with Crippen molar-refractivity contribution < 1.29 is 17.9 Å². The number of methoxy groups -OCH3 is 1. The zero-order valence-corrected chi connectivity index (χ0v) is 20.2. The van der Waals surface area contributed by atoms with E-state index >= 15 is 0 Å². The van der Waals surface area contributed by atoms with Gasteiger partial charge in [-0.05, 0) is 38.0 Å². The second kappa shape index (κ2) is 10.5. The molecule has 174 valence electrons. The van der Waals surface area contributed by atoms with Gasteiger partial charge in [-0.2, -0.15) is 4.31 Å². The van der Waals surface area contributed by atoms with E-state index in [2.05, 4.69) is 5.32 Å². The molecule has 1 saturated heterocycles. The van der Waals surface area contributed by atoms with Crippen LogP contribution in [0.15, 0.2) is 41.3 Å². The number of para-hydroxylation sites is 1. The number of carbonyl (C=O) groups is 1. The number of rotatable bonds is 8. The number of aryl methyl sites for hydroxylation is 3. The average molecular weight is 460 g/mol. The fourth-order valence-corrected chi connectivity index (χ4v) is 6.13. The Morgan fingerprint density at radius 3 is 2.34 bits per heavy atom. The molecule has 2 aromatic carbocycles. The van der Waals surface area contributed by atoms with Crippen molar-refractivity contribution >= 4 is 15.9 Å². The van der Waals surface area contributed by atoms with Crippen LogP contribution >= 0.6 is 0 Å². The number of sulfonamides is 1. The van der Waals surface area contributed by atoms with Crippen LogP contribution in [-0.4, -0.2) is 63.4 Å². The highest BCUT2D eigenvalue weighted by Crippen LogP contribution is 2.28. The van der Waals surface area contributed by atoms with E-state index in [9.17, 15) is 13.2 Å². The monoisotopic (exact) mass is 459 g/mol. The summed E-state index contributed by atoms with van der Waals surface area (Å²) in [5.41, 5.74) is 3.20. The van der Waals surface area contributed by atoms with Gasteiger partial charge >= 0.3 is 0 Å². The van der Waals surface area contributed by atoms with Crippen LogP contribution in [0.2, 0.25) is 0 Å². The molecule has 1 amide bonds. The van der Waals surface area contributed by atoms with E-state index in [-0.39, 0.29) is 25.4 Å². The number of nitrogens with one attached hydrogen (secondary N) is 1. The Bertz CT molecular complexity index is 1040. The molecular formula is C24H33N3O4S. The maximum absolute atomic E-state index is 13.8. The number of nitrogens with zero attached hydrogens (tertiary/aromatic N) is 2. The van der Waals surface area contributed by atoms with E-state index in [0.717, 1.165) is 24.2 Å². The van der Waals surface area contributed by atoms with Crippen LogP contribution in [0.1, 0.15) is 28.7 Å². The fraction of sp³-hybridized carbons (Fsp3) is 0.458. The minimum Gasteiger partial charge on any atom is -0.496 e. The molecule has 3 rings (SSSR count). The first-order valence-corrected chi connectivity index (χ1v) is 12.4. The van der Waals surface area contributed by atoms with Crippen molar-refractivity contribution in [3.05, 3.63) is 58.7 Å². The van der Waals surface area contributed by atoms with Crippen molar-refractivity contribution in [1.29, 1.82) is 0 Å². The van der Waals surface area contributed by atoms with Crippen LogP contribution in [0.3, 0.4) is 0 Å². The van der Waals surface area contributed by atoms with Gasteiger partial charge in [0.05, 0.1) is 12.0 Å². The summed E-state index contributed by atoms with van der Waals surface area (Å²) in [6, 6.07) is 11.1. The largest absolute Gasteiger partial charge is 0.496 e. The summed E-state index contributed by atoms with van der Waals surface area (Å²) in [6.07, 6.45) is 0.137. The molecule has 0 unspecified atom stereocenters. The first-order valence-electron chi connectivity index (χ1n) is 10.9. The van der Waals surface area contributed by atoms with Crippen molar-refractivity contribution in [1.82, 2.24) is 14.5 Å². The fourth-order valence-electron chi connectivity index (χ4n) is 4.30. The summed E-state index contributed by atoms with van der Waals surface area (Å²) in [5, 5.41) is 3.23. The molecule has 0 spiro atoms. The Balaban J connectivity index is 1.93. The molecule has 1 fully saturated rings. The maximum atomic E-state index is 13.8. The summed E-state index contributed by atoms with van der Waals surface area (Å²) in [7, 11) is -2.26. The van der Waals surface area contributed by atoms with E-state index in [4.69, 9.17) is 4.74 Å². The molecule has 0 aromatic heterocycles. The van der Waals surface area contributed by atoms with Crippen LogP contribution in [0.5, 0.6) is 5.75 Å². The van der Waals surface area contributed by atoms with Crippen molar-refractivity contribution in [2.24, 2.45) is 0 Å². The number of ether oxygens (including phenoxy) is 1. The molecule has 1 aliphatic rings. The van der Waals surface area contributed by atoms with Gasteiger partial charge < -0.3 is 15.0 Å². The highest BCUT2D eigenvalue weighted by atomic mass is 32.2. The summed E-state index contributed by atoms with van der Waals surface area (Å²) in [6.45, 7) is 8.65. The predicted molar refractivity (Wildman–Crippen MR) is 125 cm³/mol. The minimum atomic E-state index is -3.83. The van der Waals surface area contributed by atoms with Gasteiger partial charge in [0.1, 0.15) is 5.75 Å². The lowest BCUT2D eigenvalue weighted by Crippen LogP contribution is -2.47. The minimum absolute atomic E-state index is 0.0240. The predicted octanol–water partition coefficient (Wildman–Crippen LogP) is 2.63. The number of amides is 1. The molecule has 1 aliphatic heterocycles. The molecule has 0 radical (unpaired) electrons. The van der Waals surface area contributed by atoms with Crippen molar-refractivity contribution in [3.8, 4) is 5.75 Å². The first kappa shape index (κ1) is 24.2. The zero-order chi connectivity index (χ0) is 23.3. The Morgan fingerprint density at radius 1 is 1.09 bits per heavy atom. The second-order valence-corrected chi connectivity index (χ2v) is 10.1. The van der Waals surface area contributed by atoms with Crippen LogP contribution < -0.4 is 10.1 Å². The molecule has 1 N–H and O–H groups in total. The third kappa shape index (κ3) is 5.49. The van der Waals surface area contributed by atoms with Gasteiger partial charge in [0, 0.05) is 51.3 Å². The van der Waals surface area contributed by atoms with Gasteiger partial charge in [-0.1, -0.05) is 35.9 Å². The smallest absolute Gasteiger partial charge is 0.243 e. The summed E-state index contributed by atoms with van der Waals surface area (Å²) >= 11 is 0. The Hall–Kier alpha value is -2.42. The zero-order valence-electron chi connectivity index (χ0n) is 19.3. The maximum Gasteiger partial charge on any atom is 0.243 e. The van der Waals surface area contributed by atoms with Gasteiger partial charge in [-0.25, -0.2) is 8.42 Å². The summed E-state index contributed by atoms with van der Waals surface area (Å²) in [5.74, 6) is 0.600. The van der Waals surface area contributed by atoms with E-state index in [1.54, 1.807) is 12.0 Å². The third-order valence-corrected chi connectivity index (χ3v) is 7.94. The van der Waals surface area contributed by atoms with Crippen LogP contribution in [0.25, 0.3) is 0 Å². The van der Waals surface area contributed by atoms with Crippen LogP contribution in [-0.2, 0) is 21.4 Å². The number of hydrogen-bond acceptors (Lipinski definition) is 5. The van der Waals surface area contributed by atoms with E-state index < -0.39 is 10.0 Å². The molecule has 7 nitrogen and oxygen atoms in total. The normalized spacial score (nSPS) is 14.6. The topological polar surface area (TPSA) is 79.0 Å². The lowest BCUT2D eigenvalue weighted by Gasteiger charge is -2.29. The van der Waals surface area contributed by atoms with Gasteiger partial charge in [-0.3, -0.25) is 4.79 Å². The van der Waals surface area contributed by atoms with Crippen molar-refractivity contribution in [3.63, 3.8) is 0 Å². The molecule has 8 heteroatoms. The Kier molecular flexibility index (Phi) is 7.92. The highest BCUT2D eigenvalue weighted by molar-refractivity contribution is 7.89. The SMILES string of the molecule is COc1ccccc1CN(CCC(=O)N1CCNCC1)S(=O)(=O)c1c(C)cc(C)cc1C. The average Bonchev–Trinajstić information content (AvgIpc) is 2.76. The second-order valence-electron chi connectivity index (χ2n) is 8.26. The van der Waals surface area contributed by atoms with E-state index in [0.29, 0.717) is 34.9 Å². The van der Waals surface area contributed by atoms with Crippen molar-refractivity contribution in [2.75, 3.05) is 39.8 Å². The Morgan fingerprint density at radius 2 is 1.72 bits per heavy atom. The van der Waals surface area contributed by atoms with Crippen LogP contribution in [0, 0.1) is 20.8 Å². The number of benzene rings is 2. The standard InChI is InChI=1S/C24H33N3O4S/c1-18-15-19(2)24(20(3)16-18)32(29,30)27(17-21-7-5-6-8-22(21)31-4)12-9-23(28)26-13-10-25-11-14-26/h5-8,15-16,25H,9-14,17H2,1-4H3. The molecular weight excluding hydrogens is 426 g/mol. The summed E-state index contributed by atoms with van der Waals surface area (Å²) < 4.78 is 34.5. The first-order chi connectivity index (χ1) is 15.2. The Labute approximate surface area is 191 Å². The lowest BCUT2D eigenvalue weighted by atomic mass is 10.1. The number of hydrogen-bond donors (Lipinski definition) is 1. The van der Waals surface area contributed by atoms with Crippen LogP contribution in [0.4, 0.5) is 0 Å². The molecule has 32 heavy (non-hydrogen) atoms. The molecule has 0 aliphatic carbocycles.